The molecule has 0 spiro atoms. The van der Waals surface area contributed by atoms with Gasteiger partial charge in [-0.05, 0) is 51.4 Å². The van der Waals surface area contributed by atoms with E-state index in [2.05, 4.69) is 10.2 Å². The topological polar surface area (TPSA) is 49.4 Å². The monoisotopic (exact) mass is 320 g/mol. The fourth-order valence-corrected chi connectivity index (χ4v) is 4.54. The molecular formula is C19H32N2O2. The Hall–Kier alpha value is -1.06. The number of nitrogens with zero attached hydrogens (tertiary/aromatic N) is 1. The Kier molecular flexibility index (Phi) is 5.96. The summed E-state index contributed by atoms with van der Waals surface area (Å²) in [7, 11) is 0. The van der Waals surface area contributed by atoms with Crippen molar-refractivity contribution in [2.75, 3.05) is 13.1 Å². The Balaban J connectivity index is 1.43. The summed E-state index contributed by atoms with van der Waals surface area (Å²) in [6.07, 6.45) is 13.2. The fraction of sp³-hybridized carbons (Fsp3) is 0.895. The summed E-state index contributed by atoms with van der Waals surface area (Å²) in [6.45, 7) is 1.89. The molecule has 1 aliphatic heterocycles. The van der Waals surface area contributed by atoms with Crippen molar-refractivity contribution in [1.29, 1.82) is 0 Å². The normalized spacial score (nSPS) is 30.0. The van der Waals surface area contributed by atoms with E-state index in [1.54, 1.807) is 0 Å². The first kappa shape index (κ1) is 16.8. The summed E-state index contributed by atoms with van der Waals surface area (Å²) in [5, 5.41) is 3.23. The van der Waals surface area contributed by atoms with Crippen molar-refractivity contribution in [2.45, 2.75) is 83.1 Å². The summed E-state index contributed by atoms with van der Waals surface area (Å²) in [6, 6.07) is 0.416. The van der Waals surface area contributed by atoms with Crippen LogP contribution in [0, 0.1) is 11.8 Å². The van der Waals surface area contributed by atoms with Crippen LogP contribution in [0.5, 0.6) is 0 Å². The first-order chi connectivity index (χ1) is 11.2. The first-order valence-electron chi connectivity index (χ1n) is 9.83. The lowest BCUT2D eigenvalue weighted by molar-refractivity contribution is -0.138. The van der Waals surface area contributed by atoms with Crippen molar-refractivity contribution in [3.05, 3.63) is 0 Å². The minimum absolute atomic E-state index is 0.142. The molecule has 0 atom stereocenters. The highest BCUT2D eigenvalue weighted by molar-refractivity contribution is 5.81. The van der Waals surface area contributed by atoms with E-state index < -0.39 is 0 Å². The van der Waals surface area contributed by atoms with Gasteiger partial charge in [0, 0.05) is 31.0 Å². The van der Waals surface area contributed by atoms with Gasteiger partial charge in [-0.1, -0.05) is 25.7 Å². The molecule has 0 radical (unpaired) electrons. The largest absolute Gasteiger partial charge is 0.353 e. The molecule has 3 fully saturated rings. The zero-order valence-corrected chi connectivity index (χ0v) is 14.4. The molecular weight excluding hydrogens is 288 g/mol. The highest BCUT2D eigenvalue weighted by Crippen LogP contribution is 2.31. The smallest absolute Gasteiger partial charge is 0.225 e. The minimum atomic E-state index is 0.142. The summed E-state index contributed by atoms with van der Waals surface area (Å²) in [5.74, 6) is 0.923. The average molecular weight is 320 g/mol. The van der Waals surface area contributed by atoms with E-state index in [0.29, 0.717) is 11.9 Å². The lowest BCUT2D eigenvalue weighted by Crippen LogP contribution is -2.42. The van der Waals surface area contributed by atoms with Crippen LogP contribution in [0.1, 0.15) is 77.0 Å². The third-order valence-electron chi connectivity index (χ3n) is 6.07. The van der Waals surface area contributed by atoms with E-state index in [1.165, 1.54) is 25.7 Å². The minimum Gasteiger partial charge on any atom is -0.353 e. The van der Waals surface area contributed by atoms with Gasteiger partial charge < -0.3 is 10.2 Å². The molecule has 2 amide bonds. The molecule has 23 heavy (non-hydrogen) atoms. The van der Waals surface area contributed by atoms with Crippen LogP contribution in [-0.2, 0) is 9.59 Å². The zero-order chi connectivity index (χ0) is 16.1. The van der Waals surface area contributed by atoms with Crippen LogP contribution in [0.15, 0.2) is 0 Å². The number of hydrogen-bond acceptors (Lipinski definition) is 2. The molecule has 2 aliphatic carbocycles. The summed E-state index contributed by atoms with van der Waals surface area (Å²) >= 11 is 0. The molecule has 130 valence electrons. The van der Waals surface area contributed by atoms with E-state index in [9.17, 15) is 9.59 Å². The van der Waals surface area contributed by atoms with E-state index in [-0.39, 0.29) is 17.7 Å². The van der Waals surface area contributed by atoms with E-state index in [4.69, 9.17) is 0 Å². The SMILES string of the molecule is O=C(NC1CCCC1)C1CCC(C(=O)N2CCCCCC2)CC1. The Morgan fingerprint density at radius 1 is 0.696 bits per heavy atom. The number of rotatable bonds is 3. The van der Waals surface area contributed by atoms with E-state index >= 15 is 0 Å². The van der Waals surface area contributed by atoms with Gasteiger partial charge in [0.15, 0.2) is 0 Å². The highest BCUT2D eigenvalue weighted by Gasteiger charge is 2.33. The molecule has 1 N–H and O–H groups in total. The standard InChI is InChI=1S/C19H32N2O2/c22-18(20-17-7-3-4-8-17)15-9-11-16(12-10-15)19(23)21-13-5-1-2-6-14-21/h15-17H,1-14H2,(H,20,22). The van der Waals surface area contributed by atoms with Gasteiger partial charge in [-0.25, -0.2) is 0 Å². The number of carbonyl (C=O) groups excluding carboxylic acids is 2. The van der Waals surface area contributed by atoms with Crippen LogP contribution in [-0.4, -0.2) is 35.8 Å². The summed E-state index contributed by atoms with van der Waals surface area (Å²) in [5.41, 5.74) is 0. The molecule has 0 unspecified atom stereocenters. The van der Waals surface area contributed by atoms with Gasteiger partial charge in [-0.15, -0.1) is 0 Å². The molecule has 1 heterocycles. The predicted molar refractivity (Wildman–Crippen MR) is 90.9 cm³/mol. The highest BCUT2D eigenvalue weighted by atomic mass is 16.2. The number of nitrogens with one attached hydrogen (secondary N) is 1. The number of carbonyl (C=O) groups is 2. The molecule has 0 aromatic carbocycles. The van der Waals surface area contributed by atoms with Crippen LogP contribution < -0.4 is 5.32 Å². The molecule has 3 aliphatic rings. The van der Waals surface area contributed by atoms with Gasteiger partial charge in [-0.2, -0.15) is 0 Å². The second-order valence-electron chi connectivity index (χ2n) is 7.78. The Morgan fingerprint density at radius 3 is 1.87 bits per heavy atom. The Morgan fingerprint density at radius 2 is 1.26 bits per heavy atom. The van der Waals surface area contributed by atoms with Gasteiger partial charge in [0.25, 0.3) is 0 Å². The fourth-order valence-electron chi connectivity index (χ4n) is 4.54. The van der Waals surface area contributed by atoms with Crippen molar-refractivity contribution < 1.29 is 9.59 Å². The molecule has 0 aromatic rings. The first-order valence-corrected chi connectivity index (χ1v) is 9.83. The van der Waals surface area contributed by atoms with Crippen molar-refractivity contribution in [2.24, 2.45) is 11.8 Å². The lowest BCUT2D eigenvalue weighted by atomic mass is 9.80. The quantitative estimate of drug-likeness (QED) is 0.868. The maximum Gasteiger partial charge on any atom is 0.225 e. The van der Waals surface area contributed by atoms with E-state index in [1.807, 2.05) is 0 Å². The van der Waals surface area contributed by atoms with Gasteiger partial charge in [-0.3, -0.25) is 9.59 Å². The van der Waals surface area contributed by atoms with Crippen LogP contribution in [0.25, 0.3) is 0 Å². The molecule has 4 nitrogen and oxygen atoms in total. The third kappa shape index (κ3) is 4.48. The second kappa shape index (κ2) is 8.16. The van der Waals surface area contributed by atoms with Crippen molar-refractivity contribution in [3.63, 3.8) is 0 Å². The number of amides is 2. The van der Waals surface area contributed by atoms with Gasteiger partial charge >= 0.3 is 0 Å². The number of likely N-dealkylation sites (tertiary alicyclic amines) is 1. The van der Waals surface area contributed by atoms with Crippen LogP contribution in [0.4, 0.5) is 0 Å². The molecule has 4 heteroatoms. The number of hydrogen-bond donors (Lipinski definition) is 1. The average Bonchev–Trinajstić information content (AvgIpc) is 2.94. The van der Waals surface area contributed by atoms with Crippen LogP contribution in [0.2, 0.25) is 0 Å². The molecule has 1 saturated heterocycles. The molecule has 3 rings (SSSR count). The summed E-state index contributed by atoms with van der Waals surface area (Å²) in [4.78, 5) is 27.2. The maximum atomic E-state index is 12.7. The van der Waals surface area contributed by atoms with Crippen LogP contribution in [0.3, 0.4) is 0 Å². The Bertz CT molecular complexity index is 402. The molecule has 0 bridgehead atoms. The van der Waals surface area contributed by atoms with E-state index in [0.717, 1.165) is 64.5 Å². The van der Waals surface area contributed by atoms with Gasteiger partial charge in [0.2, 0.25) is 11.8 Å². The third-order valence-corrected chi connectivity index (χ3v) is 6.07. The Labute approximate surface area is 140 Å². The van der Waals surface area contributed by atoms with Crippen molar-refractivity contribution in [3.8, 4) is 0 Å². The van der Waals surface area contributed by atoms with Crippen molar-refractivity contribution in [1.82, 2.24) is 10.2 Å². The second-order valence-corrected chi connectivity index (χ2v) is 7.78. The lowest BCUT2D eigenvalue weighted by Gasteiger charge is -2.31. The summed E-state index contributed by atoms with van der Waals surface area (Å²) < 4.78 is 0. The van der Waals surface area contributed by atoms with Gasteiger partial charge in [0.1, 0.15) is 0 Å². The molecule has 0 aromatic heterocycles. The maximum absolute atomic E-state index is 12.7. The zero-order valence-electron chi connectivity index (χ0n) is 14.4. The van der Waals surface area contributed by atoms with Crippen molar-refractivity contribution >= 4 is 11.8 Å². The molecule has 2 saturated carbocycles. The van der Waals surface area contributed by atoms with Crippen LogP contribution >= 0.6 is 0 Å². The van der Waals surface area contributed by atoms with Gasteiger partial charge in [0.05, 0.1) is 0 Å². The predicted octanol–water partition coefficient (Wildman–Crippen LogP) is 3.25.